The number of carbonyl (C=O) groups excluding carboxylic acids is 1. The van der Waals surface area contributed by atoms with Gasteiger partial charge in [0, 0.05) is 21.8 Å². The van der Waals surface area contributed by atoms with Gasteiger partial charge in [0.05, 0.1) is 0 Å². The van der Waals surface area contributed by atoms with E-state index in [0.29, 0.717) is 11.4 Å². The Morgan fingerprint density at radius 2 is 2.06 bits per heavy atom. The summed E-state index contributed by atoms with van der Waals surface area (Å²) in [6, 6.07) is 5.21. The Kier molecular flexibility index (Phi) is 4.40. The first-order valence-electron chi connectivity index (χ1n) is 5.26. The molecule has 0 aromatic heterocycles. The Labute approximate surface area is 110 Å². The average Bonchev–Trinajstić information content (AvgIpc) is 2.10. The van der Waals surface area contributed by atoms with Gasteiger partial charge in [-0.15, -0.1) is 0 Å². The molecule has 0 fully saturated rings. The highest BCUT2D eigenvalue weighted by Gasteiger charge is 2.13. The maximum Gasteiger partial charge on any atom is 0.258 e. The van der Waals surface area contributed by atoms with E-state index in [1.807, 2.05) is 20.8 Å². The van der Waals surface area contributed by atoms with E-state index in [4.69, 9.17) is 10.5 Å². The summed E-state index contributed by atoms with van der Waals surface area (Å²) in [5.41, 5.74) is 5.99. The predicted octanol–water partition coefficient (Wildman–Crippen LogP) is 2.32. The van der Waals surface area contributed by atoms with Crippen molar-refractivity contribution in [1.29, 1.82) is 0 Å². The third kappa shape index (κ3) is 5.58. The minimum Gasteiger partial charge on any atom is -0.484 e. The summed E-state index contributed by atoms with van der Waals surface area (Å²) in [4.78, 5) is 11.5. The van der Waals surface area contributed by atoms with E-state index in [1.165, 1.54) is 0 Å². The van der Waals surface area contributed by atoms with Crippen LogP contribution in [0.25, 0.3) is 0 Å². The van der Waals surface area contributed by atoms with Gasteiger partial charge in [0.2, 0.25) is 0 Å². The summed E-state index contributed by atoms with van der Waals surface area (Å²) in [7, 11) is 0. The minimum atomic E-state index is -0.253. The molecule has 1 aromatic carbocycles. The third-order valence-corrected chi connectivity index (χ3v) is 2.24. The second kappa shape index (κ2) is 5.40. The van der Waals surface area contributed by atoms with Gasteiger partial charge >= 0.3 is 0 Å². The van der Waals surface area contributed by atoms with E-state index in [0.717, 1.165) is 4.47 Å². The maximum absolute atomic E-state index is 11.5. The van der Waals surface area contributed by atoms with Crippen molar-refractivity contribution in [3.8, 4) is 5.75 Å². The van der Waals surface area contributed by atoms with Crippen LogP contribution in [0, 0.1) is 0 Å². The molecular formula is C12H17BrN2O2. The molecule has 94 valence electrons. The molecule has 0 saturated heterocycles. The molecular weight excluding hydrogens is 284 g/mol. The highest BCUT2D eigenvalue weighted by Crippen LogP contribution is 2.22. The number of nitrogen functional groups attached to an aromatic ring is 1. The number of carbonyl (C=O) groups is 1. The molecule has 0 aliphatic carbocycles. The zero-order valence-electron chi connectivity index (χ0n) is 10.2. The van der Waals surface area contributed by atoms with Crippen molar-refractivity contribution in [3.63, 3.8) is 0 Å². The lowest BCUT2D eigenvalue weighted by molar-refractivity contribution is -0.124. The van der Waals surface area contributed by atoms with Gasteiger partial charge in [0.1, 0.15) is 5.75 Å². The first kappa shape index (κ1) is 13.8. The maximum atomic E-state index is 11.5. The lowest BCUT2D eigenvalue weighted by atomic mass is 10.1. The predicted molar refractivity (Wildman–Crippen MR) is 71.9 cm³/mol. The van der Waals surface area contributed by atoms with E-state index in [-0.39, 0.29) is 18.1 Å². The van der Waals surface area contributed by atoms with E-state index in [9.17, 15) is 4.79 Å². The van der Waals surface area contributed by atoms with Gasteiger partial charge < -0.3 is 15.8 Å². The number of nitrogens with one attached hydrogen (secondary N) is 1. The van der Waals surface area contributed by atoms with Crippen LogP contribution in [0.3, 0.4) is 0 Å². The number of anilines is 1. The number of hydrogen-bond donors (Lipinski definition) is 2. The van der Waals surface area contributed by atoms with Gasteiger partial charge in [-0.25, -0.2) is 0 Å². The summed E-state index contributed by atoms with van der Waals surface area (Å²) >= 11 is 3.31. The van der Waals surface area contributed by atoms with Gasteiger partial charge in [0.15, 0.2) is 6.61 Å². The van der Waals surface area contributed by atoms with E-state index < -0.39 is 0 Å². The summed E-state index contributed by atoms with van der Waals surface area (Å²) in [6.45, 7) is 5.74. The number of nitrogens with two attached hydrogens (primary N) is 1. The SMILES string of the molecule is CC(C)(C)NC(=O)COc1cc(N)cc(Br)c1. The third-order valence-electron chi connectivity index (χ3n) is 1.78. The molecule has 1 aromatic rings. The lowest BCUT2D eigenvalue weighted by Crippen LogP contribution is -2.43. The molecule has 0 saturated carbocycles. The van der Waals surface area contributed by atoms with E-state index >= 15 is 0 Å². The molecule has 3 N–H and O–H groups in total. The van der Waals surface area contributed by atoms with Crippen LogP contribution in [0.4, 0.5) is 5.69 Å². The Hall–Kier alpha value is -1.23. The van der Waals surface area contributed by atoms with Crippen molar-refractivity contribution in [2.75, 3.05) is 12.3 Å². The quantitative estimate of drug-likeness (QED) is 0.842. The molecule has 1 rings (SSSR count). The van der Waals surface area contributed by atoms with Crippen LogP contribution in [-0.2, 0) is 4.79 Å². The summed E-state index contributed by atoms with van der Waals surface area (Å²) < 4.78 is 6.18. The number of halogens is 1. The minimum absolute atomic E-state index is 0.0207. The smallest absolute Gasteiger partial charge is 0.258 e. The van der Waals surface area contributed by atoms with E-state index in [2.05, 4.69) is 21.2 Å². The van der Waals surface area contributed by atoms with Gasteiger partial charge in [0.25, 0.3) is 5.91 Å². The number of ether oxygens (including phenoxy) is 1. The van der Waals surface area contributed by atoms with Crippen LogP contribution in [0.2, 0.25) is 0 Å². The highest BCUT2D eigenvalue weighted by atomic mass is 79.9. The van der Waals surface area contributed by atoms with Gasteiger partial charge in [-0.1, -0.05) is 15.9 Å². The second-order valence-electron chi connectivity index (χ2n) is 4.81. The lowest BCUT2D eigenvalue weighted by Gasteiger charge is -2.20. The van der Waals surface area contributed by atoms with Crippen molar-refractivity contribution in [2.24, 2.45) is 0 Å². The van der Waals surface area contributed by atoms with Crippen LogP contribution in [-0.4, -0.2) is 18.1 Å². The van der Waals surface area contributed by atoms with Crippen molar-refractivity contribution < 1.29 is 9.53 Å². The molecule has 0 atom stereocenters. The van der Waals surface area contributed by atoms with Gasteiger partial charge in [-0.3, -0.25) is 4.79 Å². The number of benzene rings is 1. The summed E-state index contributed by atoms with van der Waals surface area (Å²) in [5.74, 6) is 0.414. The molecule has 4 nitrogen and oxygen atoms in total. The van der Waals surface area contributed by atoms with Gasteiger partial charge in [-0.2, -0.15) is 0 Å². The fourth-order valence-electron chi connectivity index (χ4n) is 1.27. The number of rotatable bonds is 3. The molecule has 17 heavy (non-hydrogen) atoms. The molecule has 0 heterocycles. The first-order chi connectivity index (χ1) is 7.76. The molecule has 0 bridgehead atoms. The van der Waals surface area contributed by atoms with Crippen molar-refractivity contribution >= 4 is 27.5 Å². The number of hydrogen-bond acceptors (Lipinski definition) is 3. The standard InChI is InChI=1S/C12H17BrN2O2/c1-12(2,3)15-11(16)7-17-10-5-8(13)4-9(14)6-10/h4-6H,7,14H2,1-3H3,(H,15,16). The Morgan fingerprint density at radius 1 is 1.41 bits per heavy atom. The summed E-state index contributed by atoms with van der Waals surface area (Å²) in [6.07, 6.45) is 0. The Balaban J connectivity index is 2.53. The Morgan fingerprint density at radius 3 is 2.59 bits per heavy atom. The molecule has 5 heteroatoms. The molecule has 0 radical (unpaired) electrons. The van der Waals surface area contributed by atoms with Crippen molar-refractivity contribution in [2.45, 2.75) is 26.3 Å². The average molecular weight is 301 g/mol. The zero-order valence-corrected chi connectivity index (χ0v) is 11.8. The fraction of sp³-hybridized carbons (Fsp3) is 0.417. The monoisotopic (exact) mass is 300 g/mol. The molecule has 1 amide bonds. The molecule has 0 aliphatic rings. The first-order valence-corrected chi connectivity index (χ1v) is 6.05. The second-order valence-corrected chi connectivity index (χ2v) is 5.72. The highest BCUT2D eigenvalue weighted by molar-refractivity contribution is 9.10. The van der Waals surface area contributed by atoms with Crippen LogP contribution >= 0.6 is 15.9 Å². The van der Waals surface area contributed by atoms with Gasteiger partial charge in [-0.05, 0) is 32.9 Å². The normalized spacial score (nSPS) is 11.1. The molecule has 0 spiro atoms. The Bertz CT molecular complexity index is 393. The topological polar surface area (TPSA) is 64.3 Å². The van der Waals surface area contributed by atoms with Crippen molar-refractivity contribution in [1.82, 2.24) is 5.32 Å². The largest absolute Gasteiger partial charge is 0.484 e. The number of amides is 1. The molecule has 0 unspecified atom stereocenters. The van der Waals surface area contributed by atoms with Crippen LogP contribution in [0.5, 0.6) is 5.75 Å². The van der Waals surface area contributed by atoms with Crippen molar-refractivity contribution in [3.05, 3.63) is 22.7 Å². The van der Waals surface area contributed by atoms with Crippen LogP contribution in [0.15, 0.2) is 22.7 Å². The zero-order chi connectivity index (χ0) is 13.1. The van der Waals surface area contributed by atoms with E-state index in [1.54, 1.807) is 18.2 Å². The summed E-state index contributed by atoms with van der Waals surface area (Å²) in [5, 5.41) is 2.81. The van der Waals surface area contributed by atoms with Crippen LogP contribution in [0.1, 0.15) is 20.8 Å². The molecule has 0 aliphatic heterocycles. The fourth-order valence-corrected chi connectivity index (χ4v) is 1.76. The van der Waals surface area contributed by atoms with Crippen LogP contribution < -0.4 is 15.8 Å².